The fourth-order valence-corrected chi connectivity index (χ4v) is 1.58. The zero-order chi connectivity index (χ0) is 14.1. The number of alkyl halides is 3. The molecule has 0 aromatic heterocycles. The van der Waals surface area contributed by atoms with Crippen LogP contribution in [0.15, 0.2) is 18.2 Å². The molecule has 0 spiro atoms. The van der Waals surface area contributed by atoms with Crippen LogP contribution in [-0.2, 0) is 6.18 Å². The summed E-state index contributed by atoms with van der Waals surface area (Å²) < 4.78 is 50.4. The molecule has 0 radical (unpaired) electrons. The van der Waals surface area contributed by atoms with Crippen LogP contribution in [-0.4, -0.2) is 11.2 Å². The number of benzene rings is 1. The van der Waals surface area contributed by atoms with E-state index < -0.39 is 29.7 Å². The molecule has 1 aromatic carbocycles. The van der Waals surface area contributed by atoms with Crippen LogP contribution in [0.5, 0.6) is 0 Å². The smallest absolute Gasteiger partial charge is 0.391 e. The van der Waals surface area contributed by atoms with Gasteiger partial charge in [0.05, 0.1) is 17.7 Å². The average Bonchev–Trinajstić information content (AvgIpc) is 2.24. The van der Waals surface area contributed by atoms with Crippen LogP contribution in [0.25, 0.3) is 0 Å². The van der Waals surface area contributed by atoms with Crippen molar-refractivity contribution in [2.75, 3.05) is 0 Å². The summed E-state index contributed by atoms with van der Waals surface area (Å²) in [6.07, 6.45) is -5.68. The van der Waals surface area contributed by atoms with Gasteiger partial charge in [-0.05, 0) is 23.6 Å². The van der Waals surface area contributed by atoms with E-state index in [2.05, 4.69) is 0 Å². The third-order valence-electron chi connectivity index (χ3n) is 2.73. The predicted octanol–water partition coefficient (Wildman–Crippen LogP) is 3.28. The van der Waals surface area contributed by atoms with Crippen molar-refractivity contribution in [1.29, 1.82) is 0 Å². The van der Waals surface area contributed by atoms with E-state index in [0.29, 0.717) is 6.07 Å². The average molecular weight is 302 g/mol. The fraction of sp³-hybridized carbons (Fsp3) is 0.500. The second-order valence-corrected chi connectivity index (χ2v) is 4.50. The van der Waals surface area contributed by atoms with E-state index in [9.17, 15) is 22.7 Å². The Hall–Kier alpha value is -0.850. The van der Waals surface area contributed by atoms with Crippen molar-refractivity contribution in [3.05, 3.63) is 35.1 Å². The molecule has 0 amide bonds. The first-order chi connectivity index (χ1) is 8.14. The normalized spacial score (nSPS) is 15.0. The Balaban J connectivity index is 0.00000324. The molecule has 0 fully saturated rings. The van der Waals surface area contributed by atoms with E-state index in [1.54, 1.807) is 13.8 Å². The first-order valence-electron chi connectivity index (χ1n) is 5.45. The predicted molar refractivity (Wildman–Crippen MR) is 66.4 cm³/mol. The molecular weight excluding hydrogens is 286 g/mol. The molecule has 0 heterocycles. The minimum Gasteiger partial charge on any atom is -0.391 e. The molecular formula is C12H16ClF4NO. The van der Waals surface area contributed by atoms with E-state index in [0.717, 1.165) is 12.1 Å². The summed E-state index contributed by atoms with van der Waals surface area (Å²) in [5.41, 5.74) is 4.47. The van der Waals surface area contributed by atoms with Gasteiger partial charge in [0.15, 0.2) is 0 Å². The summed E-state index contributed by atoms with van der Waals surface area (Å²) in [6, 6.07) is 1.53. The molecule has 0 unspecified atom stereocenters. The van der Waals surface area contributed by atoms with Crippen LogP contribution in [0.3, 0.4) is 0 Å². The Bertz CT molecular complexity index is 423. The number of hydrogen-bond donors (Lipinski definition) is 2. The fourth-order valence-electron chi connectivity index (χ4n) is 1.58. The van der Waals surface area contributed by atoms with E-state index in [1.165, 1.54) is 0 Å². The van der Waals surface area contributed by atoms with Gasteiger partial charge in [0, 0.05) is 0 Å². The molecule has 2 atom stereocenters. The van der Waals surface area contributed by atoms with Crippen LogP contribution in [0, 0.1) is 11.7 Å². The maximum absolute atomic E-state index is 13.3. The van der Waals surface area contributed by atoms with Crippen LogP contribution in [0.1, 0.15) is 31.0 Å². The lowest BCUT2D eigenvalue weighted by molar-refractivity contribution is -0.140. The van der Waals surface area contributed by atoms with Gasteiger partial charge in [0.25, 0.3) is 0 Å². The highest BCUT2D eigenvalue weighted by molar-refractivity contribution is 5.85. The number of halogens is 5. The lowest BCUT2D eigenvalue weighted by Crippen LogP contribution is -2.30. The van der Waals surface area contributed by atoms with E-state index in [-0.39, 0.29) is 23.9 Å². The van der Waals surface area contributed by atoms with Gasteiger partial charge in [0.2, 0.25) is 0 Å². The molecule has 0 saturated heterocycles. The van der Waals surface area contributed by atoms with Crippen molar-refractivity contribution in [1.82, 2.24) is 0 Å². The number of rotatable bonds is 3. The van der Waals surface area contributed by atoms with Gasteiger partial charge in [-0.15, -0.1) is 12.4 Å². The van der Waals surface area contributed by atoms with E-state index in [4.69, 9.17) is 5.73 Å². The molecule has 110 valence electrons. The number of aliphatic hydroxyl groups is 1. The summed E-state index contributed by atoms with van der Waals surface area (Å²) in [5.74, 6) is -1.56. The highest BCUT2D eigenvalue weighted by Crippen LogP contribution is 2.32. The quantitative estimate of drug-likeness (QED) is 0.842. The van der Waals surface area contributed by atoms with Crippen molar-refractivity contribution >= 4 is 12.4 Å². The molecule has 0 aliphatic heterocycles. The highest BCUT2D eigenvalue weighted by atomic mass is 35.5. The lowest BCUT2D eigenvalue weighted by atomic mass is 9.94. The van der Waals surface area contributed by atoms with Crippen molar-refractivity contribution in [3.63, 3.8) is 0 Å². The molecule has 0 bridgehead atoms. The SMILES string of the molecule is CC(C)[C@@H](O)[C@@H](N)c1ccc(C(F)(F)F)c(F)c1.Cl. The molecule has 0 aliphatic carbocycles. The summed E-state index contributed by atoms with van der Waals surface area (Å²) >= 11 is 0. The number of aliphatic hydroxyl groups excluding tert-OH is 1. The van der Waals surface area contributed by atoms with Gasteiger partial charge in [-0.3, -0.25) is 0 Å². The highest BCUT2D eigenvalue weighted by Gasteiger charge is 2.34. The van der Waals surface area contributed by atoms with Crippen LogP contribution >= 0.6 is 12.4 Å². The third-order valence-corrected chi connectivity index (χ3v) is 2.73. The van der Waals surface area contributed by atoms with E-state index in [1.807, 2.05) is 0 Å². The molecule has 0 aliphatic rings. The first-order valence-corrected chi connectivity index (χ1v) is 5.45. The molecule has 2 nitrogen and oxygen atoms in total. The van der Waals surface area contributed by atoms with Crippen molar-refractivity contribution < 1.29 is 22.7 Å². The topological polar surface area (TPSA) is 46.2 Å². The zero-order valence-electron chi connectivity index (χ0n) is 10.4. The zero-order valence-corrected chi connectivity index (χ0v) is 11.2. The van der Waals surface area contributed by atoms with Gasteiger partial charge in [-0.1, -0.05) is 19.9 Å². The minimum atomic E-state index is -4.73. The van der Waals surface area contributed by atoms with Crippen molar-refractivity contribution in [2.45, 2.75) is 32.2 Å². The monoisotopic (exact) mass is 301 g/mol. The van der Waals surface area contributed by atoms with Crippen molar-refractivity contribution in [3.8, 4) is 0 Å². The van der Waals surface area contributed by atoms with Gasteiger partial charge in [0.1, 0.15) is 5.82 Å². The van der Waals surface area contributed by atoms with Crippen LogP contribution in [0.2, 0.25) is 0 Å². The first kappa shape index (κ1) is 18.1. The maximum atomic E-state index is 13.3. The Labute approximate surface area is 115 Å². The number of nitrogens with two attached hydrogens (primary N) is 1. The van der Waals surface area contributed by atoms with Crippen LogP contribution < -0.4 is 5.73 Å². The molecule has 7 heteroatoms. The molecule has 19 heavy (non-hydrogen) atoms. The third kappa shape index (κ3) is 4.33. The van der Waals surface area contributed by atoms with Crippen molar-refractivity contribution in [2.24, 2.45) is 11.7 Å². The molecule has 3 N–H and O–H groups in total. The second-order valence-electron chi connectivity index (χ2n) is 4.50. The molecule has 1 rings (SSSR count). The summed E-state index contributed by atoms with van der Waals surface area (Å²) in [5, 5.41) is 9.70. The standard InChI is InChI=1S/C12H15F4NO.ClH/c1-6(2)11(18)10(17)7-3-4-8(9(13)5-7)12(14,15)16;/h3-6,10-11,18H,17H2,1-2H3;1H/t10-,11+;/m0./s1. The second kappa shape index (κ2) is 6.54. The Morgan fingerprint density at radius 2 is 1.74 bits per heavy atom. The van der Waals surface area contributed by atoms with Gasteiger partial charge >= 0.3 is 6.18 Å². The summed E-state index contributed by atoms with van der Waals surface area (Å²) in [7, 11) is 0. The lowest BCUT2D eigenvalue weighted by Gasteiger charge is -2.23. The van der Waals surface area contributed by atoms with E-state index >= 15 is 0 Å². The molecule has 0 saturated carbocycles. The Morgan fingerprint density at radius 3 is 2.11 bits per heavy atom. The van der Waals surface area contributed by atoms with Gasteiger partial charge in [-0.2, -0.15) is 13.2 Å². The Kier molecular flexibility index (Phi) is 6.25. The maximum Gasteiger partial charge on any atom is 0.419 e. The molecule has 1 aromatic rings. The van der Waals surface area contributed by atoms with Gasteiger partial charge in [-0.25, -0.2) is 4.39 Å². The van der Waals surface area contributed by atoms with Crippen LogP contribution in [0.4, 0.5) is 17.6 Å². The Morgan fingerprint density at radius 1 is 1.21 bits per heavy atom. The number of hydrogen-bond acceptors (Lipinski definition) is 2. The minimum absolute atomic E-state index is 0. The van der Waals surface area contributed by atoms with Gasteiger partial charge < -0.3 is 10.8 Å². The summed E-state index contributed by atoms with van der Waals surface area (Å²) in [4.78, 5) is 0. The largest absolute Gasteiger partial charge is 0.419 e. The summed E-state index contributed by atoms with van der Waals surface area (Å²) in [6.45, 7) is 3.43.